The summed E-state index contributed by atoms with van der Waals surface area (Å²) in [6, 6.07) is 31.8. The summed E-state index contributed by atoms with van der Waals surface area (Å²) in [4.78, 5) is 22.8. The molecule has 4 heterocycles. The molecular formula is C50H61N10O7P. The first-order valence-corrected chi connectivity index (χ1v) is 23.9. The van der Waals surface area contributed by atoms with Gasteiger partial charge in [0.05, 0.1) is 70.4 Å². The average Bonchev–Trinajstić information content (AvgIpc) is 4.13. The van der Waals surface area contributed by atoms with Gasteiger partial charge in [-0.2, -0.15) is 20.3 Å². The molecule has 1 fully saturated rings. The number of aromatic nitrogens is 4. The average molecular weight is 945 g/mol. The lowest BCUT2D eigenvalue weighted by molar-refractivity contribution is -0.0929. The minimum Gasteiger partial charge on any atom is -0.497 e. The van der Waals surface area contributed by atoms with Crippen LogP contribution in [0.3, 0.4) is 0 Å². The van der Waals surface area contributed by atoms with Crippen LogP contribution in [-0.2, 0) is 24.1 Å². The zero-order valence-corrected chi connectivity index (χ0v) is 41.0. The van der Waals surface area contributed by atoms with Gasteiger partial charge in [-0.1, -0.05) is 68.4 Å². The molecule has 0 bridgehead atoms. The van der Waals surface area contributed by atoms with E-state index in [9.17, 15) is 5.26 Å². The summed E-state index contributed by atoms with van der Waals surface area (Å²) in [5.41, 5.74) is 2.42. The number of furan rings is 1. The number of aliphatic imine (C=N–C) groups is 2. The third-order valence-corrected chi connectivity index (χ3v) is 12.7. The number of ether oxygens (including phenoxy) is 4. The van der Waals surface area contributed by atoms with Gasteiger partial charge < -0.3 is 42.2 Å². The largest absolute Gasteiger partial charge is 0.497 e. The molecule has 0 spiro atoms. The van der Waals surface area contributed by atoms with E-state index in [-0.39, 0.29) is 25.6 Å². The molecular weight excluding hydrogens is 884 g/mol. The van der Waals surface area contributed by atoms with Crippen LogP contribution in [0.25, 0.3) is 22.5 Å². The second-order valence-corrected chi connectivity index (χ2v) is 18.0. The van der Waals surface area contributed by atoms with Gasteiger partial charge in [0.2, 0.25) is 0 Å². The Morgan fingerprint density at radius 2 is 1.47 bits per heavy atom. The molecule has 0 N–H and O–H groups in total. The van der Waals surface area contributed by atoms with Gasteiger partial charge in [0, 0.05) is 47.7 Å². The van der Waals surface area contributed by atoms with Gasteiger partial charge in [0.15, 0.2) is 23.5 Å². The predicted molar refractivity (Wildman–Crippen MR) is 264 cm³/mol. The Bertz CT molecular complexity index is 2550. The second-order valence-electron chi connectivity index (χ2n) is 16.5. The van der Waals surface area contributed by atoms with Crippen molar-refractivity contribution in [2.45, 2.75) is 63.6 Å². The maximum Gasteiger partial charge on any atom is 0.259 e. The van der Waals surface area contributed by atoms with Crippen LogP contribution in [0.5, 0.6) is 11.5 Å². The minimum absolute atomic E-state index is 0.0625. The quantitative estimate of drug-likeness (QED) is 0.0185. The Balaban J connectivity index is 1.39. The van der Waals surface area contributed by atoms with E-state index >= 15 is 0 Å². The highest BCUT2D eigenvalue weighted by Crippen LogP contribution is 2.50. The van der Waals surface area contributed by atoms with Gasteiger partial charge in [0.1, 0.15) is 28.9 Å². The van der Waals surface area contributed by atoms with E-state index in [0.717, 1.165) is 42.6 Å². The van der Waals surface area contributed by atoms with Gasteiger partial charge in [-0.05, 0) is 65.9 Å². The summed E-state index contributed by atoms with van der Waals surface area (Å²) in [6.45, 7) is 6.04. The lowest BCUT2D eigenvalue weighted by atomic mass is 9.80. The predicted octanol–water partition coefficient (Wildman–Crippen LogP) is 9.51. The Morgan fingerprint density at radius 3 is 2.04 bits per heavy atom. The van der Waals surface area contributed by atoms with Crippen LogP contribution in [0.4, 0.5) is 11.8 Å². The Kier molecular flexibility index (Phi) is 17.3. The highest BCUT2D eigenvalue weighted by Gasteiger charge is 2.45. The van der Waals surface area contributed by atoms with Crippen molar-refractivity contribution in [2.75, 3.05) is 68.7 Å². The topological polar surface area (TPSA) is 170 Å². The van der Waals surface area contributed by atoms with Gasteiger partial charge in [-0.3, -0.25) is 0 Å². The number of methoxy groups -OCH3 is 2. The maximum atomic E-state index is 9.54. The van der Waals surface area contributed by atoms with E-state index in [1.807, 2.05) is 106 Å². The third-order valence-electron chi connectivity index (χ3n) is 11.0. The summed E-state index contributed by atoms with van der Waals surface area (Å²) < 4.78 is 49.5. The fourth-order valence-corrected chi connectivity index (χ4v) is 9.72. The van der Waals surface area contributed by atoms with Crippen molar-refractivity contribution >= 4 is 44.0 Å². The standard InChI is InChI=1S/C50H61N10O7P/c1-9-28-59(29-10-2)68(65-31-15-27-51)67-42-32-44(60-48-45(46(56-60)41-18-14-30-63-41)47(52-34-57(3)4)54-49(55-48)53-35-58(5)6)66-43(42)33-64-50(36-16-12-11-13-17-36,37-19-23-39(61-7)24-20-37)38-21-25-40(62-8)26-22-38/h11-14,16-26,30,34-35,42-44H,9-10,15,28-29,31-33H2,1-8H3/b52-34-,53-35+. The molecule has 7 rings (SSSR count). The summed E-state index contributed by atoms with van der Waals surface area (Å²) in [5, 5.41) is 15.3. The van der Waals surface area contributed by atoms with E-state index in [2.05, 4.69) is 41.7 Å². The number of fused-ring (bicyclic) bond motifs is 1. The molecule has 6 aromatic rings. The van der Waals surface area contributed by atoms with Crippen molar-refractivity contribution in [3.63, 3.8) is 0 Å². The molecule has 0 aliphatic carbocycles. The van der Waals surface area contributed by atoms with Crippen molar-refractivity contribution in [3.05, 3.63) is 114 Å². The van der Waals surface area contributed by atoms with Crippen molar-refractivity contribution in [1.82, 2.24) is 34.2 Å². The van der Waals surface area contributed by atoms with Crippen molar-refractivity contribution in [2.24, 2.45) is 9.98 Å². The summed E-state index contributed by atoms with van der Waals surface area (Å²) >= 11 is 0. The molecule has 18 heteroatoms. The zero-order chi connectivity index (χ0) is 48.0. The van der Waals surface area contributed by atoms with Crippen molar-refractivity contribution < 1.29 is 32.4 Å². The van der Waals surface area contributed by atoms with Crippen LogP contribution in [0.1, 0.15) is 62.4 Å². The van der Waals surface area contributed by atoms with Crippen molar-refractivity contribution in [1.29, 1.82) is 5.26 Å². The lowest BCUT2D eigenvalue weighted by Gasteiger charge is -2.37. The smallest absolute Gasteiger partial charge is 0.259 e. The SMILES string of the molecule is CCCN(CCC)P(OCCC#N)OC1CC(n2nc(-c3ccco3)c3c(/N=C\N(C)C)nc(/N=C/N(C)C)nc32)OC1COC(c1ccccc1)(c1ccc(OC)cc1)c1ccc(OC)cc1. The molecule has 1 saturated heterocycles. The Labute approximate surface area is 399 Å². The molecule has 0 amide bonds. The molecule has 3 aromatic carbocycles. The molecule has 0 radical (unpaired) electrons. The number of nitriles is 1. The molecule has 1 aliphatic rings. The first-order valence-electron chi connectivity index (χ1n) is 22.7. The molecule has 4 unspecified atom stereocenters. The molecule has 0 saturated carbocycles. The van der Waals surface area contributed by atoms with Crippen LogP contribution < -0.4 is 9.47 Å². The monoisotopic (exact) mass is 944 g/mol. The molecule has 4 atom stereocenters. The van der Waals surface area contributed by atoms with Gasteiger partial charge in [-0.15, -0.1) is 0 Å². The zero-order valence-electron chi connectivity index (χ0n) is 40.1. The van der Waals surface area contributed by atoms with Crippen LogP contribution >= 0.6 is 8.53 Å². The summed E-state index contributed by atoms with van der Waals surface area (Å²) in [6.07, 6.45) is 5.22. The molecule has 17 nitrogen and oxygen atoms in total. The number of benzene rings is 3. The van der Waals surface area contributed by atoms with Crippen LogP contribution in [0, 0.1) is 11.3 Å². The minimum atomic E-state index is -1.65. The Hall–Kier alpha value is -6.25. The fraction of sp³-hybridized carbons (Fsp3) is 0.400. The molecule has 68 heavy (non-hydrogen) atoms. The van der Waals surface area contributed by atoms with Crippen LogP contribution in [0.15, 0.2) is 112 Å². The van der Waals surface area contributed by atoms with Crippen molar-refractivity contribution in [3.8, 4) is 29.0 Å². The summed E-state index contributed by atoms with van der Waals surface area (Å²) in [5.74, 6) is 2.47. The maximum absolute atomic E-state index is 9.54. The first kappa shape index (κ1) is 49.6. The molecule has 1 aliphatic heterocycles. The highest BCUT2D eigenvalue weighted by molar-refractivity contribution is 7.44. The van der Waals surface area contributed by atoms with Gasteiger partial charge in [-0.25, -0.2) is 19.3 Å². The van der Waals surface area contributed by atoms with E-state index < -0.39 is 32.6 Å². The first-order chi connectivity index (χ1) is 33.1. The highest BCUT2D eigenvalue weighted by atomic mass is 31.2. The lowest BCUT2D eigenvalue weighted by Crippen LogP contribution is -2.38. The number of hydrogen-bond acceptors (Lipinski definition) is 14. The van der Waals surface area contributed by atoms with E-state index in [1.165, 1.54) is 0 Å². The second kappa shape index (κ2) is 23.7. The fourth-order valence-electron chi connectivity index (χ4n) is 7.93. The normalized spacial score (nSPS) is 16.8. The number of rotatable bonds is 24. The van der Waals surface area contributed by atoms with Gasteiger partial charge >= 0.3 is 0 Å². The van der Waals surface area contributed by atoms with Crippen LogP contribution in [-0.4, -0.2) is 128 Å². The Morgan fingerprint density at radius 1 is 0.838 bits per heavy atom. The van der Waals surface area contributed by atoms with E-state index in [4.69, 9.17) is 52.5 Å². The number of nitrogens with zero attached hydrogens (tertiary/aromatic N) is 10. The van der Waals surface area contributed by atoms with E-state index in [0.29, 0.717) is 46.2 Å². The summed E-state index contributed by atoms with van der Waals surface area (Å²) in [7, 11) is 9.17. The van der Waals surface area contributed by atoms with E-state index in [1.54, 1.807) is 48.8 Å². The number of hydrogen-bond donors (Lipinski definition) is 0. The molecule has 358 valence electrons. The van der Waals surface area contributed by atoms with Crippen LogP contribution in [0.2, 0.25) is 0 Å². The van der Waals surface area contributed by atoms with Gasteiger partial charge in [0.25, 0.3) is 14.5 Å². The molecule has 3 aromatic heterocycles. The third kappa shape index (κ3) is 11.5.